The average molecular weight is 318 g/mol. The van der Waals surface area contributed by atoms with Crippen molar-refractivity contribution >= 4 is 31.0 Å². The first kappa shape index (κ1) is 14.7. The molecule has 0 saturated heterocycles. The normalized spacial score (nSPS) is 12.8. The predicted octanol–water partition coefficient (Wildman–Crippen LogP) is 1.35. The van der Waals surface area contributed by atoms with E-state index in [0.29, 0.717) is 0 Å². The van der Waals surface area contributed by atoms with Gasteiger partial charge in [0.2, 0.25) is 0 Å². The molecule has 0 bridgehead atoms. The van der Waals surface area contributed by atoms with E-state index in [4.69, 9.17) is 4.55 Å². The number of hydrogen-bond acceptors (Lipinski definition) is 5. The highest BCUT2D eigenvalue weighted by Gasteiger charge is 2.23. The first-order chi connectivity index (χ1) is 9.03. The van der Waals surface area contributed by atoms with E-state index in [1.807, 2.05) is 0 Å². The van der Waals surface area contributed by atoms with E-state index in [0.717, 1.165) is 12.1 Å². The minimum Gasteiger partial charge on any atom is -0.508 e. The van der Waals surface area contributed by atoms with Gasteiger partial charge >= 0.3 is 0 Å². The number of benzene rings is 2. The molecule has 0 aliphatic heterocycles. The summed E-state index contributed by atoms with van der Waals surface area (Å²) in [6, 6.07) is 4.37. The number of phenols is 1. The molecule has 0 spiro atoms. The zero-order valence-corrected chi connectivity index (χ0v) is 11.7. The molecule has 0 radical (unpaired) electrons. The molecule has 2 rings (SSSR count). The van der Waals surface area contributed by atoms with Crippen LogP contribution < -0.4 is 0 Å². The summed E-state index contributed by atoms with van der Waals surface area (Å²) < 4.78 is 63.6. The lowest BCUT2D eigenvalue weighted by Crippen LogP contribution is -2.04. The number of hydrogen-bond donors (Lipinski definition) is 3. The van der Waals surface area contributed by atoms with E-state index in [1.54, 1.807) is 0 Å². The Hall–Kier alpha value is -1.68. The third kappa shape index (κ3) is 2.36. The van der Waals surface area contributed by atoms with E-state index in [-0.39, 0.29) is 16.3 Å². The molecule has 0 aliphatic rings. The topological polar surface area (TPSA) is 129 Å². The van der Waals surface area contributed by atoms with Crippen LogP contribution in [0.1, 0.15) is 5.56 Å². The highest BCUT2D eigenvalue weighted by atomic mass is 32.2. The molecule has 0 unspecified atom stereocenters. The van der Waals surface area contributed by atoms with Gasteiger partial charge in [-0.3, -0.25) is 9.11 Å². The largest absolute Gasteiger partial charge is 0.508 e. The molecule has 0 aromatic heterocycles. The number of aromatic hydroxyl groups is 1. The van der Waals surface area contributed by atoms with Crippen molar-refractivity contribution in [3.05, 3.63) is 29.8 Å². The fourth-order valence-corrected chi connectivity index (χ4v) is 3.47. The summed E-state index contributed by atoms with van der Waals surface area (Å²) in [4.78, 5) is -1.19. The second-order valence-electron chi connectivity index (χ2n) is 4.15. The van der Waals surface area contributed by atoms with Crippen LogP contribution in [0.2, 0.25) is 0 Å². The summed E-state index contributed by atoms with van der Waals surface area (Å²) in [5.74, 6) is -0.513. The molecular weight excluding hydrogens is 308 g/mol. The van der Waals surface area contributed by atoms with Gasteiger partial charge in [-0.15, -0.1) is 0 Å². The minimum atomic E-state index is -4.67. The van der Waals surface area contributed by atoms with Gasteiger partial charge in [-0.2, -0.15) is 16.8 Å². The monoisotopic (exact) mass is 318 g/mol. The highest BCUT2D eigenvalue weighted by Crippen LogP contribution is 2.36. The quantitative estimate of drug-likeness (QED) is 0.713. The standard InChI is InChI=1S/C11H10O7S2/c1-6-8(12)5-10(20(16,17)18)7-3-2-4-9(11(6)7)19(13,14)15/h2-5,12H,1H3,(H,13,14,15)(H,16,17,18). The van der Waals surface area contributed by atoms with E-state index in [1.165, 1.54) is 19.1 Å². The summed E-state index contributed by atoms with van der Waals surface area (Å²) in [6.07, 6.45) is 0. The second kappa shape index (κ2) is 4.42. The van der Waals surface area contributed by atoms with E-state index in [2.05, 4.69) is 0 Å². The Kier molecular flexibility index (Phi) is 3.25. The van der Waals surface area contributed by atoms with Gasteiger partial charge in [0, 0.05) is 22.4 Å². The summed E-state index contributed by atoms with van der Waals surface area (Å²) in [6.45, 7) is 1.36. The molecule has 20 heavy (non-hydrogen) atoms. The molecule has 0 aliphatic carbocycles. The lowest BCUT2D eigenvalue weighted by atomic mass is 10.0. The molecule has 0 saturated carbocycles. The molecule has 3 N–H and O–H groups in total. The smallest absolute Gasteiger partial charge is 0.295 e. The number of fused-ring (bicyclic) bond motifs is 1. The first-order valence-electron chi connectivity index (χ1n) is 5.24. The molecule has 0 fully saturated rings. The highest BCUT2D eigenvalue weighted by molar-refractivity contribution is 7.86. The number of phenolic OH excluding ortho intramolecular Hbond substituents is 1. The van der Waals surface area contributed by atoms with Crippen LogP contribution in [0.3, 0.4) is 0 Å². The molecule has 7 nitrogen and oxygen atoms in total. The summed E-state index contributed by atoms with van der Waals surface area (Å²) in [5, 5.41) is 9.42. The van der Waals surface area contributed by atoms with Crippen molar-refractivity contribution in [2.45, 2.75) is 16.7 Å². The van der Waals surface area contributed by atoms with Crippen LogP contribution in [0.15, 0.2) is 34.1 Å². The Morgan fingerprint density at radius 3 is 2.00 bits per heavy atom. The fourth-order valence-electron chi connectivity index (χ4n) is 1.99. The third-order valence-electron chi connectivity index (χ3n) is 2.87. The zero-order chi connectivity index (χ0) is 15.3. The lowest BCUT2D eigenvalue weighted by molar-refractivity contribution is 0.464. The Labute approximate surface area is 115 Å². The lowest BCUT2D eigenvalue weighted by Gasteiger charge is -2.11. The van der Waals surface area contributed by atoms with Crippen molar-refractivity contribution in [1.82, 2.24) is 0 Å². The Morgan fingerprint density at radius 2 is 1.50 bits per heavy atom. The van der Waals surface area contributed by atoms with Crippen molar-refractivity contribution in [2.24, 2.45) is 0 Å². The van der Waals surface area contributed by atoms with Crippen molar-refractivity contribution in [1.29, 1.82) is 0 Å². The van der Waals surface area contributed by atoms with Crippen molar-refractivity contribution < 1.29 is 31.0 Å². The summed E-state index contributed by atoms with van der Waals surface area (Å²) in [5.41, 5.74) is 0.0700. The SMILES string of the molecule is Cc1c(O)cc(S(=O)(=O)O)c2cccc(S(=O)(=O)O)c12. The molecule has 9 heteroatoms. The van der Waals surface area contributed by atoms with Crippen LogP contribution in [0.25, 0.3) is 10.8 Å². The zero-order valence-electron chi connectivity index (χ0n) is 10.1. The molecule has 0 heterocycles. The summed E-state index contributed by atoms with van der Waals surface area (Å²) in [7, 11) is -9.29. The van der Waals surface area contributed by atoms with Gasteiger partial charge in [0.05, 0.1) is 0 Å². The van der Waals surface area contributed by atoms with Gasteiger partial charge in [-0.1, -0.05) is 12.1 Å². The third-order valence-corrected chi connectivity index (χ3v) is 4.66. The van der Waals surface area contributed by atoms with E-state index >= 15 is 0 Å². The van der Waals surface area contributed by atoms with Crippen LogP contribution >= 0.6 is 0 Å². The maximum absolute atomic E-state index is 11.3. The van der Waals surface area contributed by atoms with Gasteiger partial charge in [-0.05, 0) is 13.0 Å². The van der Waals surface area contributed by atoms with Crippen LogP contribution in [0.5, 0.6) is 5.75 Å². The number of aryl methyl sites for hydroxylation is 1. The maximum Gasteiger partial charge on any atom is 0.295 e. The van der Waals surface area contributed by atoms with Crippen LogP contribution in [-0.4, -0.2) is 31.0 Å². The minimum absolute atomic E-state index is 0.0700. The van der Waals surface area contributed by atoms with Gasteiger partial charge in [0.1, 0.15) is 15.5 Å². The number of rotatable bonds is 2. The van der Waals surface area contributed by atoms with Gasteiger partial charge in [0.15, 0.2) is 0 Å². The Bertz CT molecular complexity index is 881. The summed E-state index contributed by atoms with van der Waals surface area (Å²) >= 11 is 0. The molecule has 0 atom stereocenters. The Morgan fingerprint density at radius 1 is 0.950 bits per heavy atom. The first-order valence-corrected chi connectivity index (χ1v) is 8.12. The molecule has 2 aromatic rings. The maximum atomic E-state index is 11.3. The van der Waals surface area contributed by atoms with E-state index < -0.39 is 35.8 Å². The molecular formula is C11H10O7S2. The van der Waals surface area contributed by atoms with Gasteiger partial charge in [-0.25, -0.2) is 0 Å². The van der Waals surface area contributed by atoms with Gasteiger partial charge < -0.3 is 5.11 Å². The van der Waals surface area contributed by atoms with Crippen LogP contribution in [-0.2, 0) is 20.2 Å². The fraction of sp³-hybridized carbons (Fsp3) is 0.0909. The van der Waals surface area contributed by atoms with Crippen LogP contribution in [0.4, 0.5) is 0 Å². The Balaban J connectivity index is 3.17. The predicted molar refractivity (Wildman–Crippen MR) is 70.0 cm³/mol. The van der Waals surface area contributed by atoms with Crippen LogP contribution in [0, 0.1) is 6.92 Å². The van der Waals surface area contributed by atoms with Crippen molar-refractivity contribution in [3.63, 3.8) is 0 Å². The second-order valence-corrected chi connectivity index (χ2v) is 6.93. The molecule has 0 amide bonds. The van der Waals surface area contributed by atoms with Crippen molar-refractivity contribution in [3.8, 4) is 5.75 Å². The average Bonchev–Trinajstić information content (AvgIpc) is 2.30. The van der Waals surface area contributed by atoms with E-state index in [9.17, 15) is 26.5 Å². The molecule has 2 aromatic carbocycles. The van der Waals surface area contributed by atoms with Gasteiger partial charge in [0.25, 0.3) is 20.2 Å². The van der Waals surface area contributed by atoms with Crippen molar-refractivity contribution in [2.75, 3.05) is 0 Å². The molecule has 108 valence electrons.